The van der Waals surface area contributed by atoms with Gasteiger partial charge in [0, 0.05) is 24.0 Å². The molecule has 3 aromatic rings. The minimum atomic E-state index is -0.194. The molecule has 7 nitrogen and oxygen atoms in total. The lowest BCUT2D eigenvalue weighted by Gasteiger charge is -2.21. The van der Waals surface area contributed by atoms with E-state index >= 15 is 0 Å². The molecule has 0 bridgehead atoms. The van der Waals surface area contributed by atoms with Crippen molar-refractivity contribution in [3.05, 3.63) is 59.4 Å². The van der Waals surface area contributed by atoms with E-state index in [1.807, 2.05) is 57.2 Å². The number of carbonyl (C=O) groups is 2. The molecule has 1 N–H and O–H groups in total. The molecule has 1 aromatic carbocycles. The Labute approximate surface area is 201 Å². The number of nitrogens with one attached hydrogen (secondary N) is 1. The highest BCUT2D eigenvalue weighted by atomic mass is 32.2. The third kappa shape index (κ3) is 6.11. The summed E-state index contributed by atoms with van der Waals surface area (Å²) in [6.07, 6.45) is 1.64. The van der Waals surface area contributed by atoms with Crippen LogP contribution in [0.1, 0.15) is 20.8 Å². The highest BCUT2D eigenvalue weighted by Gasteiger charge is 2.19. The molecule has 0 fully saturated rings. The van der Waals surface area contributed by atoms with Crippen molar-refractivity contribution in [2.24, 2.45) is 0 Å². The van der Waals surface area contributed by atoms with E-state index in [0.29, 0.717) is 28.5 Å². The summed E-state index contributed by atoms with van der Waals surface area (Å²) >= 11 is 2.61. The molecule has 2 amide bonds. The zero-order valence-electron chi connectivity index (χ0n) is 19.0. The highest BCUT2D eigenvalue weighted by molar-refractivity contribution is 7.99. The van der Waals surface area contributed by atoms with Crippen molar-refractivity contribution in [1.29, 1.82) is 0 Å². The van der Waals surface area contributed by atoms with Gasteiger partial charge in [0.2, 0.25) is 11.8 Å². The highest BCUT2D eigenvalue weighted by Crippen LogP contribution is 2.32. The summed E-state index contributed by atoms with van der Waals surface area (Å²) in [5.74, 6) is -0.302. The van der Waals surface area contributed by atoms with Crippen LogP contribution >= 0.6 is 23.1 Å². The maximum Gasteiger partial charge on any atom is 0.272 e. The normalized spacial score (nSPS) is 11.0. The van der Waals surface area contributed by atoms with Crippen LogP contribution in [0, 0.1) is 0 Å². The second kappa shape index (κ2) is 11.3. The fraction of sp³-hybridized carbons (Fsp3) is 0.333. The van der Waals surface area contributed by atoms with Crippen LogP contribution in [0.25, 0.3) is 20.7 Å². The van der Waals surface area contributed by atoms with Gasteiger partial charge >= 0.3 is 0 Å². The molecule has 174 valence electrons. The van der Waals surface area contributed by atoms with Crippen molar-refractivity contribution in [3.8, 4) is 10.4 Å². The average molecular weight is 485 g/mol. The lowest BCUT2D eigenvalue weighted by atomic mass is 10.2. The van der Waals surface area contributed by atoms with Gasteiger partial charge in [-0.3, -0.25) is 19.0 Å². The number of likely N-dealkylation sites (N-methyl/N-ethyl adjacent to an activating group) is 1. The van der Waals surface area contributed by atoms with Gasteiger partial charge in [0.25, 0.3) is 5.56 Å². The number of aromatic nitrogens is 2. The third-order valence-corrected chi connectivity index (χ3v) is 6.93. The first-order chi connectivity index (χ1) is 15.8. The molecule has 2 heterocycles. The van der Waals surface area contributed by atoms with Gasteiger partial charge in [0.15, 0.2) is 5.16 Å². The van der Waals surface area contributed by atoms with Gasteiger partial charge in [-0.2, -0.15) is 0 Å². The van der Waals surface area contributed by atoms with Crippen LogP contribution < -0.4 is 10.9 Å². The second-order valence-corrected chi connectivity index (χ2v) is 9.70. The number of hydrogen-bond acceptors (Lipinski definition) is 6. The summed E-state index contributed by atoms with van der Waals surface area (Å²) < 4.78 is 2.12. The molecule has 0 spiro atoms. The molecular formula is C24H28N4O3S2. The first-order valence-corrected chi connectivity index (χ1v) is 12.5. The number of carbonyl (C=O) groups excluding carboxylic acids is 2. The Bertz CT molecular complexity index is 1200. The number of allylic oxidation sites excluding steroid dienone is 1. The van der Waals surface area contributed by atoms with Gasteiger partial charge in [-0.15, -0.1) is 17.9 Å². The number of nitrogens with zero attached hydrogens (tertiary/aromatic N) is 3. The van der Waals surface area contributed by atoms with Gasteiger partial charge in [-0.1, -0.05) is 48.2 Å². The first kappa shape index (κ1) is 24.7. The average Bonchev–Trinajstić information content (AvgIpc) is 3.22. The fourth-order valence-corrected chi connectivity index (χ4v) is 5.23. The van der Waals surface area contributed by atoms with Gasteiger partial charge in [0.1, 0.15) is 4.70 Å². The second-order valence-electron chi connectivity index (χ2n) is 7.71. The maximum absolute atomic E-state index is 13.2. The van der Waals surface area contributed by atoms with E-state index in [-0.39, 0.29) is 35.7 Å². The van der Waals surface area contributed by atoms with Crippen LogP contribution in [0.2, 0.25) is 0 Å². The Morgan fingerprint density at radius 3 is 2.67 bits per heavy atom. The standard InChI is InChI=1S/C24H28N4O3S2/c1-5-12-28-23(31)22-18(13-19(33-22)17-10-8-7-9-11-17)26-24(28)32-15-21(30)27(6-2)14-20(29)25-16(3)4/h5,7-11,13,16H,1,6,12,14-15H2,2-4H3,(H,25,29). The van der Waals surface area contributed by atoms with Crippen LogP contribution in [-0.2, 0) is 16.1 Å². The van der Waals surface area contributed by atoms with Crippen molar-refractivity contribution in [2.45, 2.75) is 38.5 Å². The minimum Gasteiger partial charge on any atom is -0.352 e. The van der Waals surface area contributed by atoms with E-state index in [0.717, 1.165) is 10.4 Å². The molecule has 0 saturated heterocycles. The van der Waals surface area contributed by atoms with E-state index < -0.39 is 0 Å². The van der Waals surface area contributed by atoms with E-state index in [1.54, 1.807) is 10.6 Å². The quantitative estimate of drug-likeness (QED) is 0.269. The lowest BCUT2D eigenvalue weighted by Crippen LogP contribution is -2.43. The van der Waals surface area contributed by atoms with Crippen LogP contribution in [-0.4, -0.2) is 51.1 Å². The summed E-state index contributed by atoms with van der Waals surface area (Å²) in [6.45, 7) is 10.1. The molecule has 2 aromatic heterocycles. The first-order valence-electron chi connectivity index (χ1n) is 10.7. The summed E-state index contributed by atoms with van der Waals surface area (Å²) in [4.78, 5) is 45.2. The number of fused-ring (bicyclic) bond motifs is 1. The van der Waals surface area contributed by atoms with Crippen molar-refractivity contribution in [1.82, 2.24) is 19.8 Å². The number of thiophene rings is 1. The molecule has 0 aliphatic heterocycles. The van der Waals surface area contributed by atoms with Gasteiger partial charge < -0.3 is 10.2 Å². The van der Waals surface area contributed by atoms with Crippen molar-refractivity contribution in [3.63, 3.8) is 0 Å². The molecule has 0 radical (unpaired) electrons. The minimum absolute atomic E-state index is 0.00493. The molecule has 0 saturated carbocycles. The van der Waals surface area contributed by atoms with Crippen LogP contribution in [0.4, 0.5) is 0 Å². The summed E-state index contributed by atoms with van der Waals surface area (Å²) in [7, 11) is 0. The molecule has 0 unspecified atom stereocenters. The Kier molecular flexibility index (Phi) is 8.46. The largest absolute Gasteiger partial charge is 0.352 e. The van der Waals surface area contributed by atoms with E-state index in [1.165, 1.54) is 28.0 Å². The number of hydrogen-bond donors (Lipinski definition) is 1. The predicted octanol–water partition coefficient (Wildman–Crippen LogP) is 3.78. The van der Waals surface area contributed by atoms with Gasteiger partial charge in [-0.25, -0.2) is 4.98 Å². The van der Waals surface area contributed by atoms with Crippen molar-refractivity contribution in [2.75, 3.05) is 18.8 Å². The van der Waals surface area contributed by atoms with E-state index in [9.17, 15) is 14.4 Å². The summed E-state index contributed by atoms with van der Waals surface area (Å²) in [5, 5.41) is 3.26. The molecule has 0 aliphatic carbocycles. The van der Waals surface area contributed by atoms with E-state index in [2.05, 4.69) is 11.9 Å². The molecule has 3 rings (SSSR count). The third-order valence-electron chi connectivity index (χ3n) is 4.81. The van der Waals surface area contributed by atoms with Crippen molar-refractivity contribution < 1.29 is 9.59 Å². The number of thioether (sulfide) groups is 1. The zero-order chi connectivity index (χ0) is 24.0. The van der Waals surface area contributed by atoms with Crippen molar-refractivity contribution >= 4 is 45.1 Å². The molecule has 33 heavy (non-hydrogen) atoms. The van der Waals surface area contributed by atoms with Crippen LogP contribution in [0.15, 0.2) is 59.0 Å². The summed E-state index contributed by atoms with van der Waals surface area (Å²) in [6, 6.07) is 11.8. The van der Waals surface area contributed by atoms with Crippen LogP contribution in [0.5, 0.6) is 0 Å². The number of amides is 2. The number of rotatable bonds is 10. The Balaban J connectivity index is 1.85. The molecule has 0 atom stereocenters. The molecule has 9 heteroatoms. The Morgan fingerprint density at radius 2 is 2.03 bits per heavy atom. The number of benzene rings is 1. The monoisotopic (exact) mass is 484 g/mol. The van der Waals surface area contributed by atoms with Gasteiger partial charge in [-0.05, 0) is 32.4 Å². The summed E-state index contributed by atoms with van der Waals surface area (Å²) in [5.41, 5.74) is 1.49. The molecular weight excluding hydrogens is 456 g/mol. The zero-order valence-corrected chi connectivity index (χ0v) is 20.7. The maximum atomic E-state index is 13.2. The van der Waals surface area contributed by atoms with E-state index in [4.69, 9.17) is 4.98 Å². The fourth-order valence-electron chi connectivity index (χ4n) is 3.27. The lowest BCUT2D eigenvalue weighted by molar-refractivity contribution is -0.134. The SMILES string of the molecule is C=CCn1c(SCC(=O)N(CC)CC(=O)NC(C)C)nc2cc(-c3ccccc3)sc2c1=O. The topological polar surface area (TPSA) is 84.3 Å². The Hall–Kier alpha value is -2.91. The molecule has 0 aliphatic rings. The predicted molar refractivity (Wildman–Crippen MR) is 136 cm³/mol. The van der Waals surface area contributed by atoms with Crippen LogP contribution in [0.3, 0.4) is 0 Å². The smallest absolute Gasteiger partial charge is 0.272 e. The van der Waals surface area contributed by atoms with Gasteiger partial charge in [0.05, 0.1) is 17.8 Å². The Morgan fingerprint density at radius 1 is 1.30 bits per heavy atom.